The van der Waals surface area contributed by atoms with Crippen molar-refractivity contribution in [1.82, 2.24) is 20.2 Å². The zero-order valence-corrected chi connectivity index (χ0v) is 11.6. The first kappa shape index (κ1) is 14.2. The Morgan fingerprint density at radius 1 is 1.45 bits per heavy atom. The Balaban J connectivity index is 2.32. The van der Waals surface area contributed by atoms with Crippen LogP contribution in [0.5, 0.6) is 0 Å². The van der Waals surface area contributed by atoms with Gasteiger partial charge in [-0.25, -0.2) is 4.68 Å². The van der Waals surface area contributed by atoms with Crippen LogP contribution in [-0.2, 0) is 11.2 Å². The smallest absolute Gasteiger partial charge is 0.305 e. The van der Waals surface area contributed by atoms with Gasteiger partial charge in [0.15, 0.2) is 5.76 Å². The molecule has 7 nitrogen and oxygen atoms in total. The number of aromatic nitrogens is 4. The van der Waals surface area contributed by atoms with Crippen LogP contribution >= 0.6 is 0 Å². The van der Waals surface area contributed by atoms with Crippen molar-refractivity contribution in [1.29, 1.82) is 0 Å². The molecule has 0 aromatic carbocycles. The summed E-state index contributed by atoms with van der Waals surface area (Å²) in [6, 6.07) is 3.42. The van der Waals surface area contributed by atoms with E-state index in [0.29, 0.717) is 18.0 Å². The minimum atomic E-state index is -0.862. The first-order valence-electron chi connectivity index (χ1n) is 6.74. The second kappa shape index (κ2) is 6.31. The van der Waals surface area contributed by atoms with Crippen molar-refractivity contribution < 1.29 is 14.3 Å². The Kier molecular flexibility index (Phi) is 4.49. The number of hydrogen-bond donors (Lipinski definition) is 1. The Labute approximate surface area is 116 Å². The third-order valence-corrected chi connectivity index (χ3v) is 3.10. The van der Waals surface area contributed by atoms with Crippen molar-refractivity contribution in [2.45, 2.75) is 45.6 Å². The van der Waals surface area contributed by atoms with Crippen LogP contribution in [0.25, 0.3) is 11.6 Å². The Hall–Kier alpha value is -2.18. The summed E-state index contributed by atoms with van der Waals surface area (Å²) in [5, 5.41) is 20.6. The average molecular weight is 278 g/mol. The van der Waals surface area contributed by atoms with Gasteiger partial charge in [0.05, 0.1) is 12.5 Å². The highest BCUT2D eigenvalue weighted by atomic mass is 16.4. The summed E-state index contributed by atoms with van der Waals surface area (Å²) in [5.74, 6) is 1.03. The largest absolute Gasteiger partial charge is 0.481 e. The highest BCUT2D eigenvalue weighted by molar-refractivity contribution is 5.67. The molecule has 0 aliphatic rings. The lowest BCUT2D eigenvalue weighted by atomic mass is 10.1. The molecule has 2 heterocycles. The number of carboxylic acids is 1. The molecule has 2 aromatic rings. The molecule has 0 aliphatic carbocycles. The van der Waals surface area contributed by atoms with E-state index >= 15 is 0 Å². The van der Waals surface area contributed by atoms with E-state index in [1.54, 1.807) is 4.68 Å². The van der Waals surface area contributed by atoms with E-state index in [1.807, 2.05) is 26.0 Å². The van der Waals surface area contributed by atoms with Crippen molar-refractivity contribution in [3.8, 4) is 11.6 Å². The van der Waals surface area contributed by atoms with Crippen LogP contribution in [0.15, 0.2) is 16.5 Å². The second-order valence-electron chi connectivity index (χ2n) is 4.61. The summed E-state index contributed by atoms with van der Waals surface area (Å²) in [6.45, 7) is 4.00. The predicted molar refractivity (Wildman–Crippen MR) is 71.1 cm³/mol. The van der Waals surface area contributed by atoms with E-state index in [-0.39, 0.29) is 12.5 Å². The van der Waals surface area contributed by atoms with Gasteiger partial charge in [-0.3, -0.25) is 4.79 Å². The fraction of sp³-hybridized carbons (Fsp3) is 0.538. The van der Waals surface area contributed by atoms with E-state index in [9.17, 15) is 4.79 Å². The van der Waals surface area contributed by atoms with Crippen LogP contribution in [0, 0.1) is 0 Å². The Morgan fingerprint density at radius 2 is 2.25 bits per heavy atom. The van der Waals surface area contributed by atoms with E-state index in [0.717, 1.165) is 18.6 Å². The zero-order chi connectivity index (χ0) is 14.5. The van der Waals surface area contributed by atoms with Crippen molar-refractivity contribution in [2.24, 2.45) is 0 Å². The maximum atomic E-state index is 11.0. The molecule has 1 atom stereocenters. The summed E-state index contributed by atoms with van der Waals surface area (Å²) in [4.78, 5) is 11.0. The predicted octanol–water partition coefficient (Wildman–Crippen LogP) is 2.31. The second-order valence-corrected chi connectivity index (χ2v) is 4.61. The number of nitrogens with zero attached hydrogens (tertiary/aromatic N) is 4. The van der Waals surface area contributed by atoms with Gasteiger partial charge in [0, 0.05) is 6.42 Å². The van der Waals surface area contributed by atoms with Gasteiger partial charge in [-0.15, -0.1) is 5.10 Å². The molecule has 1 unspecified atom stereocenters. The molecule has 2 aromatic heterocycles. The highest BCUT2D eigenvalue weighted by Gasteiger charge is 2.22. The SMILES string of the molecule is CCCC(CC(=O)O)n1nnnc1-c1ccc(CC)o1. The number of aryl methyl sites for hydroxylation is 1. The van der Waals surface area contributed by atoms with Crippen molar-refractivity contribution in [3.05, 3.63) is 17.9 Å². The van der Waals surface area contributed by atoms with Gasteiger partial charge in [-0.2, -0.15) is 0 Å². The molecule has 0 amide bonds. The molecule has 1 N–H and O–H groups in total. The Bertz CT molecular complexity index is 576. The third kappa shape index (κ3) is 3.04. The fourth-order valence-corrected chi connectivity index (χ4v) is 2.14. The quantitative estimate of drug-likeness (QED) is 0.835. The van der Waals surface area contributed by atoms with E-state index in [2.05, 4.69) is 15.5 Å². The molecule has 0 aliphatic heterocycles. The number of tetrazole rings is 1. The van der Waals surface area contributed by atoms with Crippen molar-refractivity contribution >= 4 is 5.97 Å². The first-order valence-corrected chi connectivity index (χ1v) is 6.74. The van der Waals surface area contributed by atoms with Crippen LogP contribution in [0.4, 0.5) is 0 Å². The van der Waals surface area contributed by atoms with Gasteiger partial charge in [-0.05, 0) is 29.0 Å². The Morgan fingerprint density at radius 3 is 2.85 bits per heavy atom. The van der Waals surface area contributed by atoms with E-state index in [1.165, 1.54) is 0 Å². The molecule has 0 saturated carbocycles. The van der Waals surface area contributed by atoms with Gasteiger partial charge in [-0.1, -0.05) is 20.3 Å². The van der Waals surface area contributed by atoms with Crippen LogP contribution in [0.1, 0.15) is 44.9 Å². The van der Waals surface area contributed by atoms with Crippen molar-refractivity contribution in [3.63, 3.8) is 0 Å². The molecule has 0 fully saturated rings. The standard InChI is InChI=1S/C13H18N4O3/c1-3-5-9(8-12(18)19)17-13(14-15-16-17)11-7-6-10(4-2)20-11/h6-7,9H,3-5,8H2,1-2H3,(H,18,19). The molecule has 7 heteroatoms. The first-order chi connectivity index (χ1) is 9.65. The molecular weight excluding hydrogens is 260 g/mol. The lowest BCUT2D eigenvalue weighted by molar-refractivity contribution is -0.138. The number of furan rings is 1. The number of carbonyl (C=O) groups is 1. The van der Waals surface area contributed by atoms with Gasteiger partial charge < -0.3 is 9.52 Å². The average Bonchev–Trinajstić information content (AvgIpc) is 3.06. The van der Waals surface area contributed by atoms with Gasteiger partial charge in [0.1, 0.15) is 5.76 Å². The summed E-state index contributed by atoms with van der Waals surface area (Å²) >= 11 is 0. The molecule has 2 rings (SSSR count). The minimum Gasteiger partial charge on any atom is -0.481 e. The number of aliphatic carboxylic acids is 1. The van der Waals surface area contributed by atoms with E-state index < -0.39 is 5.97 Å². The minimum absolute atomic E-state index is 0.00672. The molecule has 108 valence electrons. The lowest BCUT2D eigenvalue weighted by Crippen LogP contribution is -2.16. The normalized spacial score (nSPS) is 12.5. The van der Waals surface area contributed by atoms with Crippen molar-refractivity contribution in [2.75, 3.05) is 0 Å². The van der Waals surface area contributed by atoms with Crippen LogP contribution in [0.3, 0.4) is 0 Å². The van der Waals surface area contributed by atoms with Crippen LogP contribution in [0.2, 0.25) is 0 Å². The molecule has 0 saturated heterocycles. The molecule has 20 heavy (non-hydrogen) atoms. The summed E-state index contributed by atoms with van der Waals surface area (Å²) in [5.41, 5.74) is 0. The number of rotatable bonds is 7. The lowest BCUT2D eigenvalue weighted by Gasteiger charge is -2.14. The number of hydrogen-bond acceptors (Lipinski definition) is 5. The number of carboxylic acid groups (broad SMARTS) is 1. The maximum Gasteiger partial charge on any atom is 0.305 e. The zero-order valence-electron chi connectivity index (χ0n) is 11.6. The molecular formula is C13H18N4O3. The summed E-state index contributed by atoms with van der Waals surface area (Å²) < 4.78 is 7.19. The highest BCUT2D eigenvalue weighted by Crippen LogP contribution is 2.25. The van der Waals surface area contributed by atoms with Gasteiger partial charge in [0.2, 0.25) is 5.82 Å². The van der Waals surface area contributed by atoms with Gasteiger partial charge in [0.25, 0.3) is 0 Å². The van der Waals surface area contributed by atoms with E-state index in [4.69, 9.17) is 9.52 Å². The molecule has 0 radical (unpaired) electrons. The maximum absolute atomic E-state index is 11.0. The van der Waals surface area contributed by atoms with Gasteiger partial charge >= 0.3 is 5.97 Å². The van der Waals surface area contributed by atoms with Crippen LogP contribution in [-0.4, -0.2) is 31.3 Å². The van der Waals surface area contributed by atoms with Crippen LogP contribution < -0.4 is 0 Å². The molecule has 0 spiro atoms. The fourth-order valence-electron chi connectivity index (χ4n) is 2.14. The monoisotopic (exact) mass is 278 g/mol. The third-order valence-electron chi connectivity index (χ3n) is 3.10. The molecule has 0 bridgehead atoms. The summed E-state index contributed by atoms with van der Waals surface area (Å²) in [6.07, 6.45) is 2.34. The topological polar surface area (TPSA) is 94.0 Å². The summed E-state index contributed by atoms with van der Waals surface area (Å²) in [7, 11) is 0.